The summed E-state index contributed by atoms with van der Waals surface area (Å²) in [6.07, 6.45) is 4.81. The summed E-state index contributed by atoms with van der Waals surface area (Å²) in [6, 6.07) is 0. The monoisotopic (exact) mass is 178 g/mol. The first-order valence-electron chi connectivity index (χ1n) is 3.69. The molecule has 1 atom stereocenters. The van der Waals surface area contributed by atoms with Gasteiger partial charge >= 0.3 is 0 Å². The Balaban J connectivity index is 2.24. The van der Waals surface area contributed by atoms with Crippen LogP contribution in [0.4, 0.5) is 0 Å². The van der Waals surface area contributed by atoms with E-state index in [4.69, 9.17) is 4.74 Å². The van der Waals surface area contributed by atoms with E-state index in [0.717, 1.165) is 18.9 Å². The molecular weight excluding hydrogens is 163 g/mol. The molecule has 0 spiro atoms. The largest absolute Gasteiger partial charge is 0.381 e. The van der Waals surface area contributed by atoms with Crippen LogP contribution >= 0.6 is 18.5 Å². The van der Waals surface area contributed by atoms with E-state index in [9.17, 15) is 0 Å². The summed E-state index contributed by atoms with van der Waals surface area (Å²) in [5, 5.41) is 0. The summed E-state index contributed by atoms with van der Waals surface area (Å²) in [6.45, 7) is 4.38. The van der Waals surface area contributed by atoms with Gasteiger partial charge in [-0.1, -0.05) is 0 Å². The predicted octanol–water partition coefficient (Wildman–Crippen LogP) is 2.56. The molecule has 0 N–H and O–H groups in total. The maximum Gasteiger partial charge on any atom is 0.0472 e. The second kappa shape index (κ2) is 4.58. The lowest BCUT2D eigenvalue weighted by molar-refractivity contribution is 0.0994. The molecule has 10 heavy (non-hydrogen) atoms. The van der Waals surface area contributed by atoms with E-state index in [0.29, 0.717) is 0 Å². The number of hydrogen-bond acceptors (Lipinski definition) is 2. The van der Waals surface area contributed by atoms with Crippen LogP contribution in [-0.4, -0.2) is 31.8 Å². The van der Waals surface area contributed by atoms with Gasteiger partial charge in [-0.15, -0.1) is 11.4 Å². The average Bonchev–Trinajstić information content (AvgIpc) is 2.05. The van der Waals surface area contributed by atoms with Crippen LogP contribution < -0.4 is 0 Å². The highest BCUT2D eigenvalue weighted by Crippen LogP contribution is 2.51. The Morgan fingerprint density at radius 3 is 2.50 bits per heavy atom. The van der Waals surface area contributed by atoms with Crippen LogP contribution in [0.15, 0.2) is 0 Å². The van der Waals surface area contributed by atoms with Crippen molar-refractivity contribution in [2.75, 3.05) is 26.1 Å². The van der Waals surface area contributed by atoms with Crippen molar-refractivity contribution in [2.45, 2.75) is 18.5 Å². The molecule has 0 aromatic carbocycles. The smallest absolute Gasteiger partial charge is 0.0472 e. The van der Waals surface area contributed by atoms with Crippen molar-refractivity contribution in [2.24, 2.45) is 0 Å². The van der Waals surface area contributed by atoms with Gasteiger partial charge in [-0.25, -0.2) is 0 Å². The Kier molecular flexibility index (Phi) is 4.05. The van der Waals surface area contributed by atoms with Gasteiger partial charge in [-0.2, -0.15) is 0 Å². The van der Waals surface area contributed by atoms with E-state index in [-0.39, 0.29) is 7.12 Å². The molecule has 0 aromatic rings. The van der Waals surface area contributed by atoms with Gasteiger partial charge in [-0.05, 0) is 38.5 Å². The first-order valence-corrected chi connectivity index (χ1v) is 7.38. The first-order chi connectivity index (χ1) is 4.84. The zero-order valence-electron chi connectivity index (χ0n) is 6.67. The van der Waals surface area contributed by atoms with Crippen LogP contribution in [0.25, 0.3) is 0 Å². The summed E-state index contributed by atoms with van der Waals surface area (Å²) >= 11 is 2.04. The second-order valence-corrected chi connectivity index (χ2v) is 7.58. The molecule has 1 aliphatic rings. The van der Waals surface area contributed by atoms with Gasteiger partial charge in [0.15, 0.2) is 0 Å². The van der Waals surface area contributed by atoms with Gasteiger partial charge < -0.3 is 4.74 Å². The molecule has 1 unspecified atom stereocenters. The zero-order valence-corrected chi connectivity index (χ0v) is 8.38. The van der Waals surface area contributed by atoms with Crippen molar-refractivity contribution in [3.8, 4) is 0 Å². The number of ether oxygens (including phenoxy) is 1. The van der Waals surface area contributed by atoms with Crippen LogP contribution in [0.3, 0.4) is 0 Å². The fraction of sp³-hybridized carbons (Fsp3) is 1.00. The highest BCUT2D eigenvalue weighted by atomic mass is 32.7. The third-order valence-electron chi connectivity index (χ3n) is 1.99. The van der Waals surface area contributed by atoms with Crippen LogP contribution in [0.2, 0.25) is 0 Å². The lowest BCUT2D eigenvalue weighted by Crippen LogP contribution is -2.17. The van der Waals surface area contributed by atoms with E-state index < -0.39 is 0 Å². The first kappa shape index (κ1) is 8.83. The summed E-state index contributed by atoms with van der Waals surface area (Å²) in [4.78, 5) is 0. The quantitative estimate of drug-likeness (QED) is 0.601. The summed E-state index contributed by atoms with van der Waals surface area (Å²) in [5.74, 6) is 0. The van der Waals surface area contributed by atoms with Gasteiger partial charge in [0.1, 0.15) is 0 Å². The standard InChI is InChI=1S/C7H15OPS/c1-9(10-2)7-3-5-8-6-4-7/h7H,3-6H2,1-2H3. The highest BCUT2D eigenvalue weighted by molar-refractivity contribution is 8.55. The van der Waals surface area contributed by atoms with Crippen molar-refractivity contribution < 1.29 is 4.74 Å². The second-order valence-electron chi connectivity index (χ2n) is 2.57. The van der Waals surface area contributed by atoms with Crippen molar-refractivity contribution in [3.05, 3.63) is 0 Å². The fourth-order valence-electron chi connectivity index (χ4n) is 1.20. The van der Waals surface area contributed by atoms with Gasteiger partial charge in [0, 0.05) is 13.2 Å². The Morgan fingerprint density at radius 2 is 2.00 bits per heavy atom. The summed E-state index contributed by atoms with van der Waals surface area (Å²) < 4.78 is 5.30. The van der Waals surface area contributed by atoms with Crippen LogP contribution in [0.5, 0.6) is 0 Å². The molecule has 1 saturated heterocycles. The van der Waals surface area contributed by atoms with Gasteiger partial charge in [0.2, 0.25) is 0 Å². The fourth-order valence-corrected chi connectivity index (χ4v) is 3.96. The molecule has 1 fully saturated rings. The molecule has 0 aromatic heterocycles. The lowest BCUT2D eigenvalue weighted by atomic mass is 10.2. The van der Waals surface area contributed by atoms with E-state index in [1.165, 1.54) is 12.8 Å². The third kappa shape index (κ3) is 2.41. The lowest BCUT2D eigenvalue weighted by Gasteiger charge is -2.26. The molecule has 0 amide bonds. The highest BCUT2D eigenvalue weighted by Gasteiger charge is 2.18. The van der Waals surface area contributed by atoms with Crippen LogP contribution in [0.1, 0.15) is 12.8 Å². The molecule has 1 heterocycles. The Hall–Kier alpha value is 0.740. The predicted molar refractivity (Wildman–Crippen MR) is 50.2 cm³/mol. The van der Waals surface area contributed by atoms with E-state index >= 15 is 0 Å². The molecule has 1 rings (SSSR count). The molecule has 1 aliphatic heterocycles. The molecule has 0 radical (unpaired) electrons. The molecular formula is C7H15OPS. The Morgan fingerprint density at radius 1 is 1.40 bits per heavy atom. The maximum absolute atomic E-state index is 5.30. The molecule has 0 saturated carbocycles. The van der Waals surface area contributed by atoms with Crippen molar-refractivity contribution in [1.29, 1.82) is 0 Å². The topological polar surface area (TPSA) is 9.23 Å². The molecule has 60 valence electrons. The van der Waals surface area contributed by atoms with Gasteiger partial charge in [-0.3, -0.25) is 0 Å². The van der Waals surface area contributed by atoms with Gasteiger partial charge in [0.05, 0.1) is 0 Å². The number of rotatable bonds is 2. The third-order valence-corrected chi connectivity index (χ3v) is 6.74. The normalized spacial score (nSPS) is 24.6. The van der Waals surface area contributed by atoms with Crippen molar-refractivity contribution in [3.63, 3.8) is 0 Å². The van der Waals surface area contributed by atoms with Crippen molar-refractivity contribution >= 4 is 18.5 Å². The minimum atomic E-state index is 0.240. The average molecular weight is 178 g/mol. The number of hydrogen-bond donors (Lipinski definition) is 0. The SMILES string of the molecule is CSP(C)C1CCOCC1. The van der Waals surface area contributed by atoms with E-state index in [2.05, 4.69) is 12.9 Å². The maximum atomic E-state index is 5.30. The summed E-state index contributed by atoms with van der Waals surface area (Å²) in [5.41, 5.74) is 0.971. The van der Waals surface area contributed by atoms with Crippen LogP contribution in [-0.2, 0) is 4.74 Å². The molecule has 0 aliphatic carbocycles. The van der Waals surface area contributed by atoms with Gasteiger partial charge in [0.25, 0.3) is 0 Å². The van der Waals surface area contributed by atoms with Crippen LogP contribution in [0, 0.1) is 0 Å². The van der Waals surface area contributed by atoms with E-state index in [1.807, 2.05) is 11.4 Å². The van der Waals surface area contributed by atoms with Crippen molar-refractivity contribution in [1.82, 2.24) is 0 Å². The van der Waals surface area contributed by atoms with E-state index in [1.54, 1.807) is 0 Å². The molecule has 3 heteroatoms. The molecule has 0 bridgehead atoms. The minimum absolute atomic E-state index is 0.240. The molecule has 1 nitrogen and oxygen atoms in total. The minimum Gasteiger partial charge on any atom is -0.381 e. The zero-order chi connectivity index (χ0) is 7.40. The summed E-state index contributed by atoms with van der Waals surface area (Å²) in [7, 11) is 0.240. The Bertz CT molecular complexity index is 93.6. The Labute approximate surface area is 68.4 Å².